The third-order valence-electron chi connectivity index (χ3n) is 10.3. The number of rotatable bonds is 17. The van der Waals surface area contributed by atoms with E-state index in [0.29, 0.717) is 32.2 Å². The molecule has 1 heterocycles. The Balaban J connectivity index is 1.65. The van der Waals surface area contributed by atoms with E-state index >= 15 is 0 Å². The minimum Gasteiger partial charge on any atom is -0.444 e. The van der Waals surface area contributed by atoms with Crippen LogP contribution in [0.2, 0.25) is 0 Å². The molecule has 276 valence electrons. The molecule has 49 heavy (non-hydrogen) atoms. The summed E-state index contributed by atoms with van der Waals surface area (Å²) in [5, 5.41) is 5.50. The number of nitrogens with one attached hydrogen (secondary N) is 2. The quantitative estimate of drug-likeness (QED) is 0.184. The van der Waals surface area contributed by atoms with Gasteiger partial charge in [-0.15, -0.1) is 0 Å². The molecule has 0 bridgehead atoms. The van der Waals surface area contributed by atoms with E-state index in [4.69, 9.17) is 10.5 Å². The number of carbonyl (C=O) groups excluding carboxylic acids is 7. The van der Waals surface area contributed by atoms with Crippen LogP contribution in [0.5, 0.6) is 0 Å². The lowest BCUT2D eigenvalue weighted by Gasteiger charge is -2.35. The van der Waals surface area contributed by atoms with Crippen molar-refractivity contribution in [2.45, 2.75) is 167 Å². The van der Waals surface area contributed by atoms with Gasteiger partial charge in [-0.3, -0.25) is 28.8 Å². The summed E-state index contributed by atoms with van der Waals surface area (Å²) in [7, 11) is 0. The molecule has 0 spiro atoms. The number of nitrogens with zero attached hydrogens (tertiary/aromatic N) is 1. The number of hydrogen-bond donors (Lipinski definition) is 3. The fourth-order valence-corrected chi connectivity index (χ4v) is 7.69. The van der Waals surface area contributed by atoms with Crippen LogP contribution in [0.1, 0.15) is 143 Å². The predicted molar refractivity (Wildman–Crippen MR) is 184 cm³/mol. The standard InChI is InChI=1S/C37H60N4O8/c1-5-6-14-26(33(45)28(42)20-21-30(44)39-31(34(38)46)24-15-9-7-10-16-24)23-29(43)27-19-13-22-41(27)35(47)32(25-17-11-8-12-18-25)40-36(48)49-37(2,3)4/h24-27,31-32H,5-23H2,1-4H3,(H2,38,46)(H,39,44)(H,40,48)/t26?,27-,31-,32-/m0/s1. The Morgan fingerprint density at radius 2 is 1.39 bits per heavy atom. The Hall–Kier alpha value is -3.31. The van der Waals surface area contributed by atoms with Crippen LogP contribution in [-0.4, -0.2) is 76.3 Å². The van der Waals surface area contributed by atoms with Gasteiger partial charge >= 0.3 is 6.09 Å². The summed E-state index contributed by atoms with van der Waals surface area (Å²) in [4.78, 5) is 93.4. The number of ether oxygens (including phenoxy) is 1. The summed E-state index contributed by atoms with van der Waals surface area (Å²) in [5.41, 5.74) is 4.84. The molecule has 4 N–H and O–H groups in total. The van der Waals surface area contributed by atoms with Gasteiger partial charge in [-0.05, 0) is 77.6 Å². The van der Waals surface area contributed by atoms with Crippen molar-refractivity contribution >= 4 is 41.2 Å². The van der Waals surface area contributed by atoms with Crippen molar-refractivity contribution in [3.05, 3.63) is 0 Å². The van der Waals surface area contributed by atoms with Gasteiger partial charge in [0.15, 0.2) is 11.6 Å². The fraction of sp³-hybridized carbons (Fsp3) is 0.811. The average molecular weight is 689 g/mol. The first-order valence-electron chi connectivity index (χ1n) is 18.7. The SMILES string of the molecule is CCCCC(CC(=O)[C@@H]1CCCN1C(=O)[C@@H](NC(=O)OC(C)(C)C)C1CCCCC1)C(=O)C(=O)CCC(=O)N[C@H](C(N)=O)C1CCCCC1. The molecule has 3 rings (SSSR count). The van der Waals surface area contributed by atoms with Crippen molar-refractivity contribution in [2.24, 2.45) is 23.5 Å². The van der Waals surface area contributed by atoms with Crippen LogP contribution >= 0.6 is 0 Å². The van der Waals surface area contributed by atoms with Gasteiger partial charge in [0.05, 0.1) is 6.04 Å². The normalized spacial score (nSPS) is 20.9. The maximum absolute atomic E-state index is 14.0. The van der Waals surface area contributed by atoms with E-state index in [1.165, 1.54) is 0 Å². The molecular weight excluding hydrogens is 628 g/mol. The molecule has 1 saturated heterocycles. The molecule has 0 radical (unpaired) electrons. The van der Waals surface area contributed by atoms with E-state index < -0.39 is 59.1 Å². The van der Waals surface area contributed by atoms with Crippen molar-refractivity contribution in [2.75, 3.05) is 6.54 Å². The smallest absolute Gasteiger partial charge is 0.408 e. The molecule has 12 heteroatoms. The molecule has 1 unspecified atom stereocenters. The van der Waals surface area contributed by atoms with Gasteiger partial charge in [0.1, 0.15) is 17.7 Å². The number of carbonyl (C=O) groups is 7. The van der Waals surface area contributed by atoms with Crippen LogP contribution in [0.15, 0.2) is 0 Å². The topological polar surface area (TPSA) is 182 Å². The molecule has 12 nitrogen and oxygen atoms in total. The van der Waals surface area contributed by atoms with Gasteiger partial charge < -0.3 is 26.0 Å². The largest absolute Gasteiger partial charge is 0.444 e. The van der Waals surface area contributed by atoms with E-state index in [1.54, 1.807) is 25.7 Å². The number of alkyl carbamates (subject to hydrolysis) is 1. The van der Waals surface area contributed by atoms with Gasteiger partial charge in [-0.25, -0.2) is 4.79 Å². The monoisotopic (exact) mass is 688 g/mol. The van der Waals surface area contributed by atoms with Gasteiger partial charge in [-0.1, -0.05) is 58.3 Å². The minimum absolute atomic E-state index is 0.0370. The molecule has 0 aromatic rings. The molecular formula is C37H60N4O8. The number of hydrogen-bond acceptors (Lipinski definition) is 8. The predicted octanol–water partition coefficient (Wildman–Crippen LogP) is 4.69. The first-order valence-corrected chi connectivity index (χ1v) is 18.7. The Bertz CT molecular complexity index is 1190. The summed E-state index contributed by atoms with van der Waals surface area (Å²) >= 11 is 0. The zero-order chi connectivity index (χ0) is 36.1. The average Bonchev–Trinajstić information content (AvgIpc) is 3.56. The lowest BCUT2D eigenvalue weighted by molar-refractivity contribution is -0.143. The Morgan fingerprint density at radius 1 is 0.796 bits per heavy atom. The van der Waals surface area contributed by atoms with Crippen molar-refractivity contribution in [1.29, 1.82) is 0 Å². The van der Waals surface area contributed by atoms with E-state index in [0.717, 1.165) is 70.6 Å². The first-order chi connectivity index (χ1) is 23.2. The van der Waals surface area contributed by atoms with Crippen LogP contribution in [0.4, 0.5) is 4.79 Å². The van der Waals surface area contributed by atoms with Gasteiger partial charge in [0.2, 0.25) is 23.5 Å². The zero-order valence-electron chi connectivity index (χ0n) is 30.2. The number of amides is 4. The number of unbranched alkanes of at least 4 members (excludes halogenated alkanes) is 1. The van der Waals surface area contributed by atoms with E-state index in [9.17, 15) is 33.6 Å². The molecule has 3 aliphatic rings. The number of primary amides is 1. The highest BCUT2D eigenvalue weighted by Crippen LogP contribution is 2.31. The maximum atomic E-state index is 14.0. The van der Waals surface area contributed by atoms with Crippen molar-refractivity contribution in [3.63, 3.8) is 0 Å². The molecule has 4 amide bonds. The van der Waals surface area contributed by atoms with E-state index in [1.807, 2.05) is 6.92 Å². The molecule has 0 aromatic heterocycles. The molecule has 4 atom stereocenters. The Labute approximate surface area is 291 Å². The summed E-state index contributed by atoms with van der Waals surface area (Å²) in [6, 6.07) is -2.37. The highest BCUT2D eigenvalue weighted by molar-refractivity contribution is 6.38. The second-order valence-electron chi connectivity index (χ2n) is 15.4. The first kappa shape index (κ1) is 40.1. The van der Waals surface area contributed by atoms with Crippen LogP contribution < -0.4 is 16.4 Å². The lowest BCUT2D eigenvalue weighted by atomic mass is 9.83. The Morgan fingerprint density at radius 3 is 1.94 bits per heavy atom. The van der Waals surface area contributed by atoms with E-state index in [2.05, 4.69) is 10.6 Å². The summed E-state index contributed by atoms with van der Waals surface area (Å²) in [6.45, 7) is 7.59. The summed E-state index contributed by atoms with van der Waals surface area (Å²) in [5.74, 6) is -4.07. The van der Waals surface area contributed by atoms with Gasteiger partial charge in [-0.2, -0.15) is 0 Å². The van der Waals surface area contributed by atoms with Crippen molar-refractivity contribution in [3.8, 4) is 0 Å². The lowest BCUT2D eigenvalue weighted by Crippen LogP contribution is -2.55. The minimum atomic E-state index is -0.852. The molecule has 2 saturated carbocycles. The third kappa shape index (κ3) is 12.5. The number of nitrogens with two attached hydrogens (primary N) is 1. The van der Waals surface area contributed by atoms with Crippen molar-refractivity contribution < 1.29 is 38.3 Å². The molecule has 3 fully saturated rings. The third-order valence-corrected chi connectivity index (χ3v) is 10.3. The zero-order valence-corrected chi connectivity index (χ0v) is 30.2. The fourth-order valence-electron chi connectivity index (χ4n) is 7.69. The summed E-state index contributed by atoms with van der Waals surface area (Å²) in [6.07, 6.45) is 10.5. The summed E-state index contributed by atoms with van der Waals surface area (Å²) < 4.78 is 5.47. The van der Waals surface area contributed by atoms with E-state index in [-0.39, 0.29) is 42.8 Å². The highest BCUT2D eigenvalue weighted by Gasteiger charge is 2.42. The van der Waals surface area contributed by atoms with Crippen LogP contribution in [0, 0.1) is 17.8 Å². The second-order valence-corrected chi connectivity index (χ2v) is 15.4. The van der Waals surface area contributed by atoms with Crippen LogP contribution in [0.25, 0.3) is 0 Å². The van der Waals surface area contributed by atoms with Gasteiger partial charge in [0.25, 0.3) is 0 Å². The second kappa shape index (κ2) is 19.2. The van der Waals surface area contributed by atoms with Gasteiger partial charge in [0, 0.05) is 31.7 Å². The van der Waals surface area contributed by atoms with Crippen molar-refractivity contribution in [1.82, 2.24) is 15.5 Å². The maximum Gasteiger partial charge on any atom is 0.408 e. The Kier molecular flexibility index (Phi) is 15.7. The number of ketones is 3. The van der Waals surface area contributed by atoms with Crippen LogP contribution in [0.3, 0.4) is 0 Å². The molecule has 2 aliphatic carbocycles. The molecule has 1 aliphatic heterocycles. The van der Waals surface area contributed by atoms with Crippen LogP contribution in [-0.2, 0) is 33.5 Å². The highest BCUT2D eigenvalue weighted by atomic mass is 16.6. The molecule has 0 aromatic carbocycles. The number of likely N-dealkylation sites (tertiary alicyclic amines) is 1. The number of Topliss-reactive ketones (excluding diaryl/α,β-unsaturated/α-hetero) is 3.